The maximum Gasteiger partial charge on any atom is 0.243 e. The van der Waals surface area contributed by atoms with Gasteiger partial charge in [0, 0.05) is 34.2 Å². The van der Waals surface area contributed by atoms with Crippen LogP contribution >= 0.6 is 24.0 Å². The van der Waals surface area contributed by atoms with Gasteiger partial charge >= 0.3 is 0 Å². The van der Waals surface area contributed by atoms with E-state index < -0.39 is 0 Å². The highest BCUT2D eigenvalue weighted by Gasteiger charge is 2.17. The summed E-state index contributed by atoms with van der Waals surface area (Å²) in [6.07, 6.45) is 4.62. The molecule has 128 valence electrons. The van der Waals surface area contributed by atoms with E-state index in [0.29, 0.717) is 12.0 Å². The van der Waals surface area contributed by atoms with E-state index in [1.807, 2.05) is 0 Å². The van der Waals surface area contributed by atoms with Crippen LogP contribution in [0.5, 0.6) is 0 Å². The molecule has 7 nitrogen and oxygen atoms in total. The molecule has 1 rings (SSSR count). The summed E-state index contributed by atoms with van der Waals surface area (Å²) >= 11 is 0. The van der Waals surface area contributed by atoms with Crippen molar-refractivity contribution in [2.45, 2.75) is 31.7 Å². The zero-order valence-electron chi connectivity index (χ0n) is 13.9. The van der Waals surface area contributed by atoms with Crippen LogP contribution in [0, 0.1) is 0 Å². The van der Waals surface area contributed by atoms with Gasteiger partial charge in [-0.2, -0.15) is 0 Å². The van der Waals surface area contributed by atoms with Gasteiger partial charge in [-0.3, -0.25) is 9.59 Å². The second kappa shape index (κ2) is 10.6. The molecule has 22 heavy (non-hydrogen) atoms. The first-order valence-electron chi connectivity index (χ1n) is 7.35. The number of nitrogens with one attached hydrogen (secondary N) is 2. The molecule has 0 heterocycles. The van der Waals surface area contributed by atoms with Crippen LogP contribution in [-0.2, 0) is 9.59 Å². The number of guanidine groups is 1. The Labute approximate surface area is 149 Å². The zero-order chi connectivity index (χ0) is 15.8. The van der Waals surface area contributed by atoms with Crippen molar-refractivity contribution in [1.29, 1.82) is 0 Å². The molecule has 0 aromatic carbocycles. The molecule has 0 aromatic heterocycles. The Kier molecular flexibility index (Phi) is 10.1. The van der Waals surface area contributed by atoms with Gasteiger partial charge in [-0.15, -0.1) is 24.0 Å². The summed E-state index contributed by atoms with van der Waals surface area (Å²) in [5.74, 6) is 0.434. The minimum atomic E-state index is -0.0681. The number of carbonyl (C=O) groups excluding carboxylic acids is 2. The zero-order valence-corrected chi connectivity index (χ0v) is 16.2. The van der Waals surface area contributed by atoms with Gasteiger partial charge in [0.1, 0.15) is 6.54 Å². The molecule has 1 saturated carbocycles. The highest BCUT2D eigenvalue weighted by molar-refractivity contribution is 14.0. The molecule has 1 aliphatic carbocycles. The molecule has 0 radical (unpaired) electrons. The summed E-state index contributed by atoms with van der Waals surface area (Å²) in [5, 5.41) is 6.30. The molecular formula is C14H28IN5O2. The monoisotopic (exact) mass is 425 g/mol. The lowest BCUT2D eigenvalue weighted by molar-refractivity contribution is -0.127. The first-order valence-corrected chi connectivity index (χ1v) is 7.35. The van der Waals surface area contributed by atoms with E-state index in [4.69, 9.17) is 0 Å². The molecule has 2 amide bonds. The number of amides is 2. The van der Waals surface area contributed by atoms with Gasteiger partial charge in [0.15, 0.2) is 5.96 Å². The molecule has 0 unspecified atom stereocenters. The van der Waals surface area contributed by atoms with Crippen LogP contribution in [0.15, 0.2) is 4.99 Å². The summed E-state index contributed by atoms with van der Waals surface area (Å²) in [7, 11) is 6.82. The van der Waals surface area contributed by atoms with Crippen LogP contribution < -0.4 is 10.6 Å². The average Bonchev–Trinajstić information content (AvgIpc) is 2.93. The van der Waals surface area contributed by atoms with Crippen molar-refractivity contribution in [2.75, 3.05) is 41.3 Å². The van der Waals surface area contributed by atoms with Gasteiger partial charge < -0.3 is 20.4 Å². The van der Waals surface area contributed by atoms with Crippen LogP contribution in [0.3, 0.4) is 0 Å². The van der Waals surface area contributed by atoms with E-state index in [1.54, 1.807) is 28.2 Å². The van der Waals surface area contributed by atoms with Gasteiger partial charge in [0.25, 0.3) is 0 Å². The van der Waals surface area contributed by atoms with Crippen molar-refractivity contribution < 1.29 is 9.59 Å². The number of hydrogen-bond acceptors (Lipinski definition) is 3. The van der Waals surface area contributed by atoms with Crippen molar-refractivity contribution in [3.05, 3.63) is 0 Å². The van der Waals surface area contributed by atoms with Crippen molar-refractivity contribution in [1.82, 2.24) is 20.4 Å². The largest absolute Gasteiger partial charge is 0.354 e. The maximum atomic E-state index is 11.6. The summed E-state index contributed by atoms with van der Waals surface area (Å²) in [6.45, 7) is 0.243. The Hall–Kier alpha value is -1.06. The Morgan fingerprint density at radius 3 is 2.09 bits per heavy atom. The molecule has 0 atom stereocenters. The first kappa shape index (κ1) is 20.9. The smallest absolute Gasteiger partial charge is 0.243 e. The molecule has 0 aromatic rings. The third kappa shape index (κ3) is 7.81. The van der Waals surface area contributed by atoms with Gasteiger partial charge in [-0.25, -0.2) is 4.99 Å². The lowest BCUT2D eigenvalue weighted by atomic mass is 10.2. The highest BCUT2D eigenvalue weighted by atomic mass is 127. The van der Waals surface area contributed by atoms with E-state index in [9.17, 15) is 9.59 Å². The van der Waals surface area contributed by atoms with Crippen LogP contribution in [0.25, 0.3) is 0 Å². The van der Waals surface area contributed by atoms with Crippen LogP contribution in [0.4, 0.5) is 0 Å². The Bertz CT molecular complexity index is 393. The van der Waals surface area contributed by atoms with Crippen LogP contribution in [0.2, 0.25) is 0 Å². The first-order chi connectivity index (χ1) is 9.90. The fourth-order valence-corrected chi connectivity index (χ4v) is 2.02. The van der Waals surface area contributed by atoms with Crippen molar-refractivity contribution in [2.24, 2.45) is 4.99 Å². The lowest BCUT2D eigenvalue weighted by Gasteiger charge is -2.18. The normalized spacial score (nSPS) is 15.0. The Morgan fingerprint density at radius 2 is 1.59 bits per heavy atom. The number of aliphatic imine (C=N–C) groups is 1. The quantitative estimate of drug-likeness (QED) is 0.377. The predicted molar refractivity (Wildman–Crippen MR) is 98.5 cm³/mol. The molecule has 1 fully saturated rings. The minimum absolute atomic E-state index is 0. The van der Waals surface area contributed by atoms with Gasteiger partial charge in [-0.1, -0.05) is 12.8 Å². The molecule has 0 bridgehead atoms. The summed E-state index contributed by atoms with van der Waals surface area (Å²) in [5.41, 5.74) is 0. The van der Waals surface area contributed by atoms with Crippen molar-refractivity contribution >= 4 is 41.8 Å². The van der Waals surface area contributed by atoms with Gasteiger partial charge in [0.05, 0.1) is 6.54 Å². The number of hydrogen-bond donors (Lipinski definition) is 2. The summed E-state index contributed by atoms with van der Waals surface area (Å²) in [6, 6.07) is 0.375. The van der Waals surface area contributed by atoms with Crippen LogP contribution in [0.1, 0.15) is 25.7 Å². The Morgan fingerprint density at radius 1 is 1.05 bits per heavy atom. The van der Waals surface area contributed by atoms with Gasteiger partial charge in [0.2, 0.25) is 11.8 Å². The lowest BCUT2D eigenvalue weighted by Crippen LogP contribution is -2.46. The third-order valence-electron chi connectivity index (χ3n) is 3.47. The number of nitrogens with zero attached hydrogens (tertiary/aromatic N) is 3. The average molecular weight is 425 g/mol. The fourth-order valence-electron chi connectivity index (χ4n) is 2.02. The molecule has 8 heteroatoms. The van der Waals surface area contributed by atoms with Crippen molar-refractivity contribution in [3.8, 4) is 0 Å². The SMILES string of the molecule is CN(C)C(=O)CN=C(NCC(=O)N(C)C)NC1CCCC1.I. The highest BCUT2D eigenvalue weighted by Crippen LogP contribution is 2.17. The van der Waals surface area contributed by atoms with E-state index in [2.05, 4.69) is 15.6 Å². The number of likely N-dealkylation sites (N-methyl/N-ethyl adjacent to an activating group) is 2. The molecular weight excluding hydrogens is 397 g/mol. The molecule has 0 saturated heterocycles. The van der Waals surface area contributed by atoms with Gasteiger partial charge in [-0.05, 0) is 12.8 Å². The minimum Gasteiger partial charge on any atom is -0.354 e. The van der Waals surface area contributed by atoms with Crippen LogP contribution in [-0.4, -0.2) is 74.9 Å². The standard InChI is InChI=1S/C14H27N5O2.HI/c1-18(2)12(20)9-15-14(16-10-13(21)19(3)4)17-11-7-5-6-8-11;/h11H,5-10H2,1-4H3,(H2,15,16,17);1H. The second-order valence-corrected chi connectivity index (χ2v) is 5.72. The Balaban J connectivity index is 0.00000441. The molecule has 0 aliphatic heterocycles. The topological polar surface area (TPSA) is 77.0 Å². The second-order valence-electron chi connectivity index (χ2n) is 5.72. The fraction of sp³-hybridized carbons (Fsp3) is 0.786. The van der Waals surface area contributed by atoms with E-state index in [-0.39, 0.29) is 48.9 Å². The number of halogens is 1. The molecule has 1 aliphatic rings. The third-order valence-corrected chi connectivity index (χ3v) is 3.47. The molecule has 0 spiro atoms. The van der Waals surface area contributed by atoms with E-state index in [1.165, 1.54) is 22.6 Å². The number of carbonyl (C=O) groups is 2. The molecule has 2 N–H and O–H groups in total. The summed E-state index contributed by atoms with van der Waals surface area (Å²) < 4.78 is 0. The maximum absolute atomic E-state index is 11.6. The predicted octanol–water partition coefficient (Wildman–Crippen LogP) is 0.259. The van der Waals surface area contributed by atoms with Crippen molar-refractivity contribution in [3.63, 3.8) is 0 Å². The number of rotatable bonds is 5. The van der Waals surface area contributed by atoms with E-state index >= 15 is 0 Å². The summed E-state index contributed by atoms with van der Waals surface area (Å²) in [4.78, 5) is 30.5. The van der Waals surface area contributed by atoms with E-state index in [0.717, 1.165) is 12.8 Å².